The number of rotatable bonds is 9. The van der Waals surface area contributed by atoms with E-state index in [9.17, 15) is 4.79 Å². The van der Waals surface area contributed by atoms with Crippen molar-refractivity contribution in [3.05, 3.63) is 41.2 Å². The molecule has 1 N–H and O–H groups in total. The quantitative estimate of drug-likeness (QED) is 0.643. The Kier molecular flexibility index (Phi) is 7.76. The van der Waals surface area contributed by atoms with Crippen LogP contribution in [-0.2, 0) is 16.0 Å². The third-order valence-corrected chi connectivity index (χ3v) is 5.59. The summed E-state index contributed by atoms with van der Waals surface area (Å²) in [7, 11) is 1.88. The van der Waals surface area contributed by atoms with Crippen LogP contribution in [0.25, 0.3) is 0 Å². The summed E-state index contributed by atoms with van der Waals surface area (Å²) >= 11 is 1.34. The fraction of sp³-hybridized carbons (Fsp3) is 0.550. The number of hydrogen-bond acceptors (Lipinski definition) is 7. The molecule has 1 aromatic heterocycles. The number of anilines is 1. The van der Waals surface area contributed by atoms with Crippen molar-refractivity contribution in [1.82, 2.24) is 19.6 Å². The predicted octanol–water partition coefficient (Wildman–Crippen LogP) is 1.71. The van der Waals surface area contributed by atoms with E-state index in [2.05, 4.69) is 50.8 Å². The van der Waals surface area contributed by atoms with E-state index in [0.717, 1.165) is 50.2 Å². The highest BCUT2D eigenvalue weighted by atomic mass is 32.1. The highest BCUT2D eigenvalue weighted by molar-refractivity contribution is 7.09. The van der Waals surface area contributed by atoms with Gasteiger partial charge in [0.15, 0.2) is 0 Å². The minimum atomic E-state index is 0.0137. The molecule has 1 amide bonds. The summed E-state index contributed by atoms with van der Waals surface area (Å²) in [5.74, 6) is 0.807. The molecule has 1 aromatic carbocycles. The van der Waals surface area contributed by atoms with Crippen LogP contribution in [0.1, 0.15) is 23.4 Å². The monoisotopic (exact) mass is 403 g/mol. The molecule has 0 atom stereocenters. The molecular weight excluding hydrogens is 374 g/mol. The van der Waals surface area contributed by atoms with Crippen LogP contribution < -0.4 is 10.2 Å². The molecule has 0 bridgehead atoms. The SMILES string of the molecule is Cc1ccc(Cc2nsc(N(C)CC(=O)NCCCN3CCOCC3)n2)cc1. The number of nitrogens with one attached hydrogen (secondary N) is 1. The first kappa shape index (κ1) is 20.7. The Labute approximate surface area is 170 Å². The molecule has 0 aliphatic carbocycles. The lowest BCUT2D eigenvalue weighted by molar-refractivity contribution is -0.119. The first-order valence-electron chi connectivity index (χ1n) is 9.76. The largest absolute Gasteiger partial charge is 0.379 e. The molecular formula is C20H29N5O2S. The number of aryl methyl sites for hydroxylation is 1. The van der Waals surface area contributed by atoms with Crippen molar-refractivity contribution in [2.24, 2.45) is 0 Å². The van der Waals surface area contributed by atoms with Gasteiger partial charge in [0.1, 0.15) is 5.82 Å². The second-order valence-electron chi connectivity index (χ2n) is 7.17. The van der Waals surface area contributed by atoms with E-state index in [1.807, 2.05) is 11.9 Å². The van der Waals surface area contributed by atoms with Crippen LogP contribution in [-0.4, -0.2) is 73.1 Å². The summed E-state index contributed by atoms with van der Waals surface area (Å²) in [5, 5.41) is 3.76. The van der Waals surface area contributed by atoms with Gasteiger partial charge in [-0.2, -0.15) is 4.37 Å². The zero-order valence-corrected chi connectivity index (χ0v) is 17.5. The van der Waals surface area contributed by atoms with Crippen LogP contribution in [0.2, 0.25) is 0 Å². The second kappa shape index (κ2) is 10.5. The van der Waals surface area contributed by atoms with Gasteiger partial charge in [-0.15, -0.1) is 0 Å². The van der Waals surface area contributed by atoms with Crippen LogP contribution in [0.5, 0.6) is 0 Å². The maximum absolute atomic E-state index is 12.2. The summed E-state index contributed by atoms with van der Waals surface area (Å²) in [6, 6.07) is 8.39. The molecule has 1 aliphatic rings. The molecule has 152 valence electrons. The number of aromatic nitrogens is 2. The van der Waals surface area contributed by atoms with Crippen molar-refractivity contribution >= 4 is 22.6 Å². The molecule has 1 fully saturated rings. The molecule has 1 aliphatic heterocycles. The average molecular weight is 404 g/mol. The summed E-state index contributed by atoms with van der Waals surface area (Å²) in [4.78, 5) is 21.0. The molecule has 0 spiro atoms. The van der Waals surface area contributed by atoms with Crippen molar-refractivity contribution in [1.29, 1.82) is 0 Å². The van der Waals surface area contributed by atoms with Crippen LogP contribution >= 0.6 is 11.5 Å². The first-order valence-corrected chi connectivity index (χ1v) is 10.5. The Morgan fingerprint density at radius 2 is 2.04 bits per heavy atom. The van der Waals surface area contributed by atoms with E-state index >= 15 is 0 Å². The number of carbonyl (C=O) groups excluding carboxylic acids is 1. The van der Waals surface area contributed by atoms with Crippen molar-refractivity contribution in [2.45, 2.75) is 19.8 Å². The maximum atomic E-state index is 12.2. The van der Waals surface area contributed by atoms with E-state index in [1.165, 1.54) is 22.7 Å². The van der Waals surface area contributed by atoms with Gasteiger partial charge >= 0.3 is 0 Å². The van der Waals surface area contributed by atoms with E-state index < -0.39 is 0 Å². The van der Waals surface area contributed by atoms with Gasteiger partial charge in [0.05, 0.1) is 19.8 Å². The lowest BCUT2D eigenvalue weighted by Gasteiger charge is -2.26. The highest BCUT2D eigenvalue weighted by Gasteiger charge is 2.13. The van der Waals surface area contributed by atoms with Crippen LogP contribution in [0.15, 0.2) is 24.3 Å². The van der Waals surface area contributed by atoms with Gasteiger partial charge in [-0.05, 0) is 25.5 Å². The van der Waals surface area contributed by atoms with Crippen molar-refractivity contribution in [3.8, 4) is 0 Å². The summed E-state index contributed by atoms with van der Waals surface area (Å²) in [6.45, 7) is 7.65. The van der Waals surface area contributed by atoms with Gasteiger partial charge in [0, 0.05) is 44.6 Å². The molecule has 3 rings (SSSR count). The Morgan fingerprint density at radius 1 is 1.29 bits per heavy atom. The smallest absolute Gasteiger partial charge is 0.239 e. The number of amides is 1. The standard InChI is InChI=1S/C20H29N5O2S/c1-16-4-6-17(7-5-16)14-18-22-20(28-23-18)24(2)15-19(26)21-8-3-9-25-10-12-27-13-11-25/h4-7H,3,8-15H2,1-2H3,(H,21,26). The molecule has 2 heterocycles. The van der Waals surface area contributed by atoms with E-state index in [0.29, 0.717) is 13.0 Å². The van der Waals surface area contributed by atoms with Gasteiger partial charge in [0.2, 0.25) is 11.0 Å². The van der Waals surface area contributed by atoms with Gasteiger partial charge in [0.25, 0.3) is 0 Å². The Bertz CT molecular complexity index is 743. The number of ether oxygens (including phenoxy) is 1. The van der Waals surface area contributed by atoms with Crippen LogP contribution in [0, 0.1) is 6.92 Å². The first-order chi connectivity index (χ1) is 13.6. The number of benzene rings is 1. The van der Waals surface area contributed by atoms with Gasteiger partial charge in [-0.1, -0.05) is 29.8 Å². The lowest BCUT2D eigenvalue weighted by atomic mass is 10.1. The van der Waals surface area contributed by atoms with Crippen molar-refractivity contribution in [3.63, 3.8) is 0 Å². The number of likely N-dealkylation sites (N-methyl/N-ethyl adjacent to an activating group) is 1. The Balaban J connectivity index is 1.37. The minimum Gasteiger partial charge on any atom is -0.379 e. The molecule has 7 nitrogen and oxygen atoms in total. The number of nitrogens with zero attached hydrogens (tertiary/aromatic N) is 4. The van der Waals surface area contributed by atoms with Crippen LogP contribution in [0.3, 0.4) is 0 Å². The topological polar surface area (TPSA) is 70.6 Å². The van der Waals surface area contributed by atoms with Gasteiger partial charge < -0.3 is 15.0 Å². The number of morpholine rings is 1. The molecule has 0 saturated carbocycles. The van der Waals surface area contributed by atoms with Gasteiger partial charge in [-0.3, -0.25) is 9.69 Å². The maximum Gasteiger partial charge on any atom is 0.239 e. The average Bonchev–Trinajstić information content (AvgIpc) is 3.17. The zero-order chi connectivity index (χ0) is 19.8. The minimum absolute atomic E-state index is 0.0137. The third-order valence-electron chi connectivity index (χ3n) is 4.72. The van der Waals surface area contributed by atoms with Crippen molar-refractivity contribution < 1.29 is 9.53 Å². The normalized spacial score (nSPS) is 14.8. The summed E-state index contributed by atoms with van der Waals surface area (Å²) in [5.41, 5.74) is 2.43. The highest BCUT2D eigenvalue weighted by Crippen LogP contribution is 2.17. The predicted molar refractivity (Wildman–Crippen MR) is 112 cm³/mol. The Morgan fingerprint density at radius 3 is 2.79 bits per heavy atom. The molecule has 2 aromatic rings. The third kappa shape index (κ3) is 6.54. The molecule has 0 radical (unpaired) electrons. The molecule has 8 heteroatoms. The molecule has 1 saturated heterocycles. The summed E-state index contributed by atoms with van der Waals surface area (Å²) in [6.07, 6.45) is 1.66. The lowest BCUT2D eigenvalue weighted by Crippen LogP contribution is -2.39. The van der Waals surface area contributed by atoms with E-state index in [-0.39, 0.29) is 12.5 Å². The van der Waals surface area contributed by atoms with E-state index in [4.69, 9.17) is 4.74 Å². The van der Waals surface area contributed by atoms with Crippen LogP contribution in [0.4, 0.5) is 5.13 Å². The van der Waals surface area contributed by atoms with Crippen molar-refractivity contribution in [2.75, 3.05) is 57.9 Å². The number of carbonyl (C=O) groups is 1. The second-order valence-corrected chi connectivity index (χ2v) is 7.90. The van der Waals surface area contributed by atoms with E-state index in [1.54, 1.807) is 0 Å². The summed E-state index contributed by atoms with van der Waals surface area (Å²) < 4.78 is 9.77. The van der Waals surface area contributed by atoms with Gasteiger partial charge in [-0.25, -0.2) is 4.98 Å². The fourth-order valence-corrected chi connectivity index (χ4v) is 3.70. The number of hydrogen-bond donors (Lipinski definition) is 1. The molecule has 28 heavy (non-hydrogen) atoms. The molecule has 0 unspecified atom stereocenters. The Hall–Kier alpha value is -2.03. The zero-order valence-electron chi connectivity index (χ0n) is 16.7. The fourth-order valence-electron chi connectivity index (χ4n) is 3.05.